The van der Waals surface area contributed by atoms with Crippen molar-refractivity contribution in [1.82, 2.24) is 0 Å². The minimum atomic E-state index is 0.107. The van der Waals surface area contributed by atoms with Crippen molar-refractivity contribution in [2.75, 3.05) is 0 Å². The van der Waals surface area contributed by atoms with Gasteiger partial charge in [-0.05, 0) is 19.8 Å². The number of Topliss-reactive ketones (excluding diaryl/α,β-unsaturated/α-hetero) is 3. The van der Waals surface area contributed by atoms with E-state index in [0.717, 1.165) is 19.3 Å². The van der Waals surface area contributed by atoms with Crippen molar-refractivity contribution in [3.8, 4) is 0 Å². The fourth-order valence-electron chi connectivity index (χ4n) is 1.64. The van der Waals surface area contributed by atoms with Crippen molar-refractivity contribution in [2.24, 2.45) is 0 Å². The topological polar surface area (TPSA) is 51.2 Å². The van der Waals surface area contributed by atoms with Crippen molar-refractivity contribution in [1.29, 1.82) is 0 Å². The van der Waals surface area contributed by atoms with Crippen LogP contribution in [0.5, 0.6) is 0 Å². The van der Waals surface area contributed by atoms with Crippen LogP contribution in [0.3, 0.4) is 0 Å². The quantitative estimate of drug-likeness (QED) is 0.521. The summed E-state index contributed by atoms with van der Waals surface area (Å²) in [4.78, 5) is 33.5. The predicted molar refractivity (Wildman–Crippen MR) is 67.9 cm³/mol. The van der Waals surface area contributed by atoms with E-state index >= 15 is 0 Å². The second kappa shape index (κ2) is 10.2. The van der Waals surface area contributed by atoms with Crippen LogP contribution in [-0.2, 0) is 14.4 Å². The maximum absolute atomic E-state index is 11.4. The molecule has 0 saturated heterocycles. The number of ketones is 3. The van der Waals surface area contributed by atoms with Gasteiger partial charge in [0.15, 0.2) is 0 Å². The molecule has 0 aromatic heterocycles. The average molecular weight is 240 g/mol. The zero-order valence-corrected chi connectivity index (χ0v) is 11.1. The van der Waals surface area contributed by atoms with Crippen molar-refractivity contribution >= 4 is 17.3 Å². The van der Waals surface area contributed by atoms with Crippen LogP contribution in [0.4, 0.5) is 0 Å². The van der Waals surface area contributed by atoms with E-state index in [1.165, 1.54) is 6.92 Å². The molecule has 3 nitrogen and oxygen atoms in total. The number of unbranched alkanes of at least 4 members (excludes halogenated alkanes) is 2. The molecule has 17 heavy (non-hydrogen) atoms. The lowest BCUT2D eigenvalue weighted by Crippen LogP contribution is -2.05. The van der Waals surface area contributed by atoms with Gasteiger partial charge in [-0.1, -0.05) is 19.8 Å². The van der Waals surface area contributed by atoms with E-state index in [2.05, 4.69) is 6.92 Å². The molecule has 3 heteroatoms. The molecule has 0 spiro atoms. The first-order valence-corrected chi connectivity index (χ1v) is 6.59. The molecule has 0 saturated carbocycles. The Labute approximate surface area is 104 Å². The maximum atomic E-state index is 11.4. The van der Waals surface area contributed by atoms with Crippen LogP contribution in [0.1, 0.15) is 71.6 Å². The highest BCUT2D eigenvalue weighted by Gasteiger charge is 2.07. The molecule has 0 aromatic carbocycles. The van der Waals surface area contributed by atoms with Gasteiger partial charge in [0.25, 0.3) is 0 Å². The fourth-order valence-corrected chi connectivity index (χ4v) is 1.64. The summed E-state index contributed by atoms with van der Waals surface area (Å²) >= 11 is 0. The Balaban J connectivity index is 3.48. The number of hydrogen-bond acceptors (Lipinski definition) is 3. The van der Waals surface area contributed by atoms with Gasteiger partial charge in [0.2, 0.25) is 0 Å². The average Bonchev–Trinajstić information content (AvgIpc) is 2.26. The third-order valence-corrected chi connectivity index (χ3v) is 2.73. The molecule has 0 N–H and O–H groups in total. The second-order valence-corrected chi connectivity index (χ2v) is 4.59. The summed E-state index contributed by atoms with van der Waals surface area (Å²) in [5, 5.41) is 0. The van der Waals surface area contributed by atoms with Crippen molar-refractivity contribution in [3.05, 3.63) is 0 Å². The number of carbonyl (C=O) groups is 3. The molecule has 0 unspecified atom stereocenters. The van der Waals surface area contributed by atoms with Gasteiger partial charge < -0.3 is 4.79 Å². The lowest BCUT2D eigenvalue weighted by Gasteiger charge is -2.00. The first-order valence-electron chi connectivity index (χ1n) is 6.59. The van der Waals surface area contributed by atoms with Crippen LogP contribution in [-0.4, -0.2) is 17.3 Å². The van der Waals surface area contributed by atoms with E-state index < -0.39 is 0 Å². The zero-order chi connectivity index (χ0) is 13.1. The van der Waals surface area contributed by atoms with E-state index in [9.17, 15) is 14.4 Å². The molecule has 0 heterocycles. The highest BCUT2D eigenvalue weighted by Crippen LogP contribution is 2.06. The Hall–Kier alpha value is -0.990. The largest absolute Gasteiger partial charge is 0.300 e. The number of carbonyl (C=O) groups excluding carboxylic acids is 3. The van der Waals surface area contributed by atoms with Gasteiger partial charge in [-0.2, -0.15) is 0 Å². The van der Waals surface area contributed by atoms with Crippen LogP contribution in [0, 0.1) is 0 Å². The van der Waals surface area contributed by atoms with Gasteiger partial charge in [0.1, 0.15) is 17.3 Å². The fraction of sp³-hybridized carbons (Fsp3) is 0.786. The minimum absolute atomic E-state index is 0.107. The van der Waals surface area contributed by atoms with Gasteiger partial charge in [-0.25, -0.2) is 0 Å². The Bertz CT molecular complexity index is 256. The van der Waals surface area contributed by atoms with Crippen molar-refractivity contribution < 1.29 is 14.4 Å². The Morgan fingerprint density at radius 3 is 1.71 bits per heavy atom. The monoisotopic (exact) mass is 240 g/mol. The maximum Gasteiger partial charge on any atom is 0.133 e. The smallest absolute Gasteiger partial charge is 0.133 e. The summed E-state index contributed by atoms with van der Waals surface area (Å²) in [6, 6.07) is 0. The van der Waals surface area contributed by atoms with E-state index in [1.807, 2.05) is 0 Å². The SMILES string of the molecule is CCCCCC(=O)CCC(=O)CCCC(C)=O. The number of rotatable bonds is 11. The lowest BCUT2D eigenvalue weighted by molar-refractivity contribution is -0.124. The second-order valence-electron chi connectivity index (χ2n) is 4.59. The molecule has 0 radical (unpaired) electrons. The molecular formula is C14H24O3. The van der Waals surface area contributed by atoms with Gasteiger partial charge >= 0.3 is 0 Å². The zero-order valence-electron chi connectivity index (χ0n) is 11.1. The Kier molecular flexibility index (Phi) is 9.59. The summed E-state index contributed by atoms with van der Waals surface area (Å²) < 4.78 is 0. The molecular weight excluding hydrogens is 216 g/mol. The summed E-state index contributed by atoms with van der Waals surface area (Å²) in [6.07, 6.45) is 5.99. The van der Waals surface area contributed by atoms with Gasteiger partial charge in [-0.3, -0.25) is 9.59 Å². The molecule has 0 atom stereocenters. The third kappa shape index (κ3) is 11.3. The van der Waals surface area contributed by atoms with Crippen LogP contribution >= 0.6 is 0 Å². The molecule has 0 aliphatic carbocycles. The Morgan fingerprint density at radius 2 is 1.24 bits per heavy atom. The molecule has 0 aliphatic heterocycles. The van der Waals surface area contributed by atoms with E-state index in [4.69, 9.17) is 0 Å². The summed E-state index contributed by atoms with van der Waals surface area (Å²) in [7, 11) is 0. The van der Waals surface area contributed by atoms with E-state index in [1.54, 1.807) is 0 Å². The lowest BCUT2D eigenvalue weighted by atomic mass is 10.0. The molecule has 0 rings (SSSR count). The van der Waals surface area contributed by atoms with Crippen LogP contribution in [0.2, 0.25) is 0 Å². The summed E-state index contributed by atoms with van der Waals surface area (Å²) in [5.74, 6) is 0.418. The normalized spacial score (nSPS) is 10.2. The molecule has 0 aromatic rings. The minimum Gasteiger partial charge on any atom is -0.300 e. The third-order valence-electron chi connectivity index (χ3n) is 2.73. The van der Waals surface area contributed by atoms with Crippen molar-refractivity contribution in [2.45, 2.75) is 71.6 Å². The van der Waals surface area contributed by atoms with Gasteiger partial charge in [0, 0.05) is 32.1 Å². The number of hydrogen-bond donors (Lipinski definition) is 0. The first-order chi connectivity index (χ1) is 8.06. The van der Waals surface area contributed by atoms with Crippen LogP contribution in [0.25, 0.3) is 0 Å². The highest BCUT2D eigenvalue weighted by molar-refractivity contribution is 5.86. The Morgan fingerprint density at radius 1 is 0.706 bits per heavy atom. The molecule has 0 amide bonds. The molecule has 0 bridgehead atoms. The standard InChI is InChI=1S/C14H24O3/c1-3-4-5-8-13(16)10-11-14(17)9-6-7-12(2)15/h3-11H2,1-2H3. The molecule has 0 aliphatic rings. The first kappa shape index (κ1) is 16.0. The molecule has 0 fully saturated rings. The van der Waals surface area contributed by atoms with E-state index in [0.29, 0.717) is 38.5 Å². The van der Waals surface area contributed by atoms with Crippen LogP contribution < -0.4 is 0 Å². The van der Waals surface area contributed by atoms with Gasteiger partial charge in [0.05, 0.1) is 0 Å². The summed E-state index contributed by atoms with van der Waals surface area (Å²) in [5.41, 5.74) is 0. The van der Waals surface area contributed by atoms with Gasteiger partial charge in [-0.15, -0.1) is 0 Å². The van der Waals surface area contributed by atoms with Crippen molar-refractivity contribution in [3.63, 3.8) is 0 Å². The van der Waals surface area contributed by atoms with Crippen LogP contribution in [0.15, 0.2) is 0 Å². The highest BCUT2D eigenvalue weighted by atomic mass is 16.1. The predicted octanol–water partition coefficient (Wildman–Crippen LogP) is 3.24. The molecule has 98 valence electrons. The summed E-state index contributed by atoms with van der Waals surface area (Å²) in [6.45, 7) is 3.63. The van der Waals surface area contributed by atoms with E-state index in [-0.39, 0.29) is 17.3 Å².